The number of carbonyl (C=O) groups is 2. The Morgan fingerprint density at radius 1 is 1.00 bits per heavy atom. The van der Waals surface area contributed by atoms with Gasteiger partial charge in [0, 0.05) is 55.6 Å². The van der Waals surface area contributed by atoms with Gasteiger partial charge in [0.2, 0.25) is 11.8 Å². The summed E-state index contributed by atoms with van der Waals surface area (Å²) in [5.74, 6) is 0.375. The second-order valence-corrected chi connectivity index (χ2v) is 21.8. The van der Waals surface area contributed by atoms with Crippen molar-refractivity contribution in [1.29, 1.82) is 0 Å². The maximum absolute atomic E-state index is 17.3. The van der Waals surface area contributed by atoms with Gasteiger partial charge in [-0.25, -0.2) is 9.37 Å². The number of likely N-dealkylation sites (tertiary alicyclic amines) is 1. The highest BCUT2D eigenvalue weighted by Crippen LogP contribution is 2.44. The number of thiazole rings is 1. The molecule has 3 aromatic carbocycles. The average molecular weight is 1020 g/mol. The van der Waals surface area contributed by atoms with E-state index in [4.69, 9.17) is 28.9 Å². The molecule has 0 saturated carbocycles. The number of hydrogen-bond acceptors (Lipinski definition) is 15. The van der Waals surface area contributed by atoms with E-state index in [2.05, 4.69) is 49.6 Å². The molecule has 7 aromatic rings. The van der Waals surface area contributed by atoms with Gasteiger partial charge >= 0.3 is 6.01 Å². The maximum atomic E-state index is 17.3. The number of phenolic OH excluding ortho intramolecular Hbond substituents is 1. The van der Waals surface area contributed by atoms with Crippen LogP contribution in [-0.4, -0.2) is 121 Å². The molecule has 0 spiro atoms. The summed E-state index contributed by atoms with van der Waals surface area (Å²) in [4.78, 5) is 53.7. The van der Waals surface area contributed by atoms with Gasteiger partial charge in [-0.15, -0.1) is 11.3 Å². The van der Waals surface area contributed by atoms with E-state index in [1.54, 1.807) is 40.6 Å². The molecule has 2 amide bonds. The molecule has 3 N–H and O–H groups in total. The van der Waals surface area contributed by atoms with Gasteiger partial charge < -0.3 is 39.5 Å². The summed E-state index contributed by atoms with van der Waals surface area (Å²) in [7, 11) is 0. The lowest BCUT2D eigenvalue weighted by Crippen LogP contribution is -2.51. The van der Waals surface area contributed by atoms with Crippen LogP contribution in [0.2, 0.25) is 0 Å². The molecule has 74 heavy (non-hydrogen) atoms. The van der Waals surface area contributed by atoms with Gasteiger partial charge in [0.25, 0.3) is 5.88 Å². The number of pyridine rings is 1. The van der Waals surface area contributed by atoms with E-state index in [0.29, 0.717) is 66.7 Å². The summed E-state index contributed by atoms with van der Waals surface area (Å²) in [5, 5.41) is 24.0. The molecule has 9 heterocycles. The predicted octanol–water partition coefficient (Wildman–Crippen LogP) is 8.48. The first-order valence-corrected chi connectivity index (χ1v) is 27.1. The van der Waals surface area contributed by atoms with Crippen LogP contribution in [-0.2, 0) is 22.4 Å². The van der Waals surface area contributed by atoms with Crippen LogP contribution in [0.3, 0.4) is 0 Å². The molecular formula is C56H61FN10O6S. The molecule has 18 heteroatoms. The maximum Gasteiger partial charge on any atom is 0.319 e. The second kappa shape index (κ2) is 19.8. The summed E-state index contributed by atoms with van der Waals surface area (Å²) in [6, 6.07) is 19.0. The number of aryl methyl sites for hydroxylation is 2. The number of piperazine rings is 1. The lowest BCUT2D eigenvalue weighted by molar-refractivity contribution is -0.138. The van der Waals surface area contributed by atoms with Gasteiger partial charge in [-0.3, -0.25) is 19.5 Å². The van der Waals surface area contributed by atoms with Crippen molar-refractivity contribution in [3.8, 4) is 39.3 Å². The molecule has 0 radical (unpaired) electrons. The molecule has 4 aromatic heterocycles. The molecule has 2 bridgehead atoms. The Bertz CT molecular complexity index is 3250. The van der Waals surface area contributed by atoms with Gasteiger partial charge in [0.15, 0.2) is 5.82 Å². The van der Waals surface area contributed by atoms with E-state index >= 15 is 4.39 Å². The quantitative estimate of drug-likeness (QED) is 0.0889. The van der Waals surface area contributed by atoms with Crippen molar-refractivity contribution < 1.29 is 33.1 Å². The molecule has 5 saturated heterocycles. The van der Waals surface area contributed by atoms with E-state index in [-0.39, 0.29) is 58.8 Å². The van der Waals surface area contributed by atoms with E-state index in [9.17, 15) is 14.7 Å². The highest BCUT2D eigenvalue weighted by Gasteiger charge is 2.50. The van der Waals surface area contributed by atoms with Crippen LogP contribution in [0.15, 0.2) is 76.9 Å². The monoisotopic (exact) mass is 1020 g/mol. The molecule has 5 aliphatic rings. The number of benzene rings is 3. The number of aromatic hydroxyl groups is 1. The molecule has 6 unspecified atom stereocenters. The molecular weight excluding hydrogens is 960 g/mol. The van der Waals surface area contributed by atoms with Crippen LogP contribution in [0.4, 0.5) is 10.2 Å². The number of nitrogens with one attached hydrogen (secondary N) is 2. The third kappa shape index (κ3) is 9.08. The number of rotatable bonds is 15. The Morgan fingerprint density at radius 3 is 2.64 bits per heavy atom. The zero-order valence-electron chi connectivity index (χ0n) is 42.0. The fraction of sp³-hybridized carbons (Fsp3) is 0.446. The molecule has 0 aliphatic carbocycles. The van der Waals surface area contributed by atoms with Crippen molar-refractivity contribution in [2.24, 2.45) is 0 Å². The largest absolute Gasteiger partial charge is 0.508 e. The summed E-state index contributed by atoms with van der Waals surface area (Å²) in [5.41, 5.74) is 6.42. The van der Waals surface area contributed by atoms with E-state index < -0.39 is 11.9 Å². The molecule has 12 rings (SSSR count). The number of fused-ring (bicyclic) bond motifs is 5. The normalized spacial score (nSPS) is 23.0. The minimum Gasteiger partial charge on any atom is -0.508 e. The molecule has 5 fully saturated rings. The van der Waals surface area contributed by atoms with E-state index in [1.807, 2.05) is 49.7 Å². The average Bonchev–Trinajstić information content (AvgIpc) is 4.29. The number of amides is 2. The number of hydrogen-bond donors (Lipinski definition) is 3. The van der Waals surface area contributed by atoms with E-state index in [0.717, 1.165) is 109 Å². The molecule has 6 atom stereocenters. The summed E-state index contributed by atoms with van der Waals surface area (Å²) in [6.45, 7) is 9.53. The third-order valence-corrected chi connectivity index (χ3v) is 17.3. The first-order valence-electron chi connectivity index (χ1n) is 26.2. The van der Waals surface area contributed by atoms with Crippen LogP contribution in [0.5, 0.6) is 17.6 Å². The van der Waals surface area contributed by atoms with Crippen LogP contribution >= 0.6 is 11.3 Å². The van der Waals surface area contributed by atoms with Crippen LogP contribution < -0.4 is 25.0 Å². The number of carbonyl (C=O) groups excluding carboxylic acids is 2. The Balaban J connectivity index is 0.705. The van der Waals surface area contributed by atoms with Crippen molar-refractivity contribution in [3.05, 3.63) is 101 Å². The molecule has 384 valence electrons. The van der Waals surface area contributed by atoms with Crippen LogP contribution in [0, 0.1) is 12.7 Å². The Morgan fingerprint density at radius 2 is 1.84 bits per heavy atom. The fourth-order valence-electron chi connectivity index (χ4n) is 12.6. The number of halogens is 1. The number of aromatic nitrogens is 5. The second-order valence-electron chi connectivity index (χ2n) is 20.9. The summed E-state index contributed by atoms with van der Waals surface area (Å²) >= 11 is 1.61. The Kier molecular flexibility index (Phi) is 12.9. The van der Waals surface area contributed by atoms with Gasteiger partial charge in [-0.1, -0.05) is 49.4 Å². The van der Waals surface area contributed by atoms with Crippen molar-refractivity contribution in [1.82, 2.24) is 45.5 Å². The van der Waals surface area contributed by atoms with Gasteiger partial charge in [-0.2, -0.15) is 9.97 Å². The molecule has 16 nitrogen and oxygen atoms in total. The first-order chi connectivity index (χ1) is 36.0. The van der Waals surface area contributed by atoms with Crippen molar-refractivity contribution in [2.45, 2.75) is 121 Å². The Labute approximate surface area is 432 Å². The Hall–Kier alpha value is -6.76. The standard InChI is InChI=1S/C56H61FN10O6S/c1-4-34-8-5-9-37-22-41(68)23-43(48(34)37)50-49(57)51-44(26-58-50)53(65-27-38-15-16-39(28-65)61-38)63-55(62-51)72-30-56-18-7-21-67(56)40(17-19-56)29-71-46-24-42(73-64-46)25-47(69)66-20-6-10-45(66)54(70)60-32(2)35-11-13-36(14-12-35)52-33(3)59-31-74-52/h5,8-9,11-14,22-24,26,31-32,38-40,45,61,68H,4,6-7,10,15-21,25,27-30H2,1-3H3,(H,60,70). The van der Waals surface area contributed by atoms with Crippen LogP contribution in [0.25, 0.3) is 43.4 Å². The first kappa shape index (κ1) is 48.2. The smallest absolute Gasteiger partial charge is 0.319 e. The lowest BCUT2D eigenvalue weighted by Gasteiger charge is -2.35. The third-order valence-electron chi connectivity index (χ3n) is 16.3. The van der Waals surface area contributed by atoms with Gasteiger partial charge in [0.05, 0.1) is 39.5 Å². The van der Waals surface area contributed by atoms with Crippen LogP contribution in [0.1, 0.15) is 93.8 Å². The number of phenols is 1. The van der Waals surface area contributed by atoms with Crippen molar-refractivity contribution >= 4 is 50.6 Å². The van der Waals surface area contributed by atoms with Gasteiger partial charge in [-0.05, 0) is 123 Å². The van der Waals surface area contributed by atoms with Crippen molar-refractivity contribution in [2.75, 3.05) is 44.3 Å². The fourth-order valence-corrected chi connectivity index (χ4v) is 13.4. The predicted molar refractivity (Wildman–Crippen MR) is 280 cm³/mol. The topological polar surface area (TPSA) is 184 Å². The number of ether oxygens (including phenoxy) is 2. The highest BCUT2D eigenvalue weighted by molar-refractivity contribution is 7.13. The van der Waals surface area contributed by atoms with Gasteiger partial charge in [0.1, 0.15) is 47.8 Å². The SMILES string of the molecule is CCc1cccc2cc(O)cc(-c3ncc4c(N5CC6CCC(C5)N6)nc(OCC56CCCN5C(COc5cc(CC(=O)N7CCCC7C(=O)NC(C)c7ccc(-c8scnc8C)cc7)on5)CC6)nc4c3F)c12. The summed E-state index contributed by atoms with van der Waals surface area (Å²) in [6.07, 6.45) is 9.49. The minimum atomic E-state index is -0.583. The van der Waals surface area contributed by atoms with E-state index in [1.165, 1.54) is 0 Å². The lowest BCUT2D eigenvalue weighted by atomic mass is 9.95. The number of anilines is 1. The summed E-state index contributed by atoms with van der Waals surface area (Å²) < 4.78 is 35.8. The molecule has 5 aliphatic heterocycles. The van der Waals surface area contributed by atoms with Crippen molar-refractivity contribution in [3.63, 3.8) is 0 Å². The zero-order valence-corrected chi connectivity index (χ0v) is 42.8. The minimum absolute atomic E-state index is 0.0335. The number of nitrogens with zero attached hydrogens (tertiary/aromatic N) is 8. The highest BCUT2D eigenvalue weighted by atomic mass is 32.1. The zero-order chi connectivity index (χ0) is 50.7.